The lowest BCUT2D eigenvalue weighted by molar-refractivity contribution is -0.124. The first-order chi connectivity index (χ1) is 14.9. The lowest BCUT2D eigenvalue weighted by Crippen LogP contribution is -2.56. The lowest BCUT2D eigenvalue weighted by Gasteiger charge is -2.41. The zero-order valence-electron chi connectivity index (χ0n) is 19.1. The van der Waals surface area contributed by atoms with Gasteiger partial charge in [0.2, 0.25) is 11.8 Å². The fourth-order valence-corrected chi connectivity index (χ4v) is 4.29. The quantitative estimate of drug-likeness (QED) is 0.620. The molecule has 2 heterocycles. The molecule has 2 N–H and O–H groups in total. The molecule has 3 rings (SSSR count). The molecule has 0 spiro atoms. The maximum atomic E-state index is 12.5. The van der Waals surface area contributed by atoms with Crippen LogP contribution in [0.3, 0.4) is 0 Å². The fourth-order valence-electron chi connectivity index (χ4n) is 4.29. The van der Waals surface area contributed by atoms with Gasteiger partial charge in [0.1, 0.15) is 0 Å². The van der Waals surface area contributed by atoms with E-state index in [0.29, 0.717) is 19.5 Å². The lowest BCUT2D eigenvalue weighted by atomic mass is 10.0. The minimum absolute atomic E-state index is 0.0730. The Morgan fingerprint density at radius 3 is 2.39 bits per heavy atom. The van der Waals surface area contributed by atoms with Crippen LogP contribution in [0.1, 0.15) is 38.7 Å². The summed E-state index contributed by atoms with van der Waals surface area (Å²) in [5.74, 6) is 0.192. The van der Waals surface area contributed by atoms with Gasteiger partial charge in [-0.25, -0.2) is 0 Å². The van der Waals surface area contributed by atoms with E-state index in [1.54, 1.807) is 0 Å². The van der Waals surface area contributed by atoms with Crippen LogP contribution in [0.4, 0.5) is 0 Å². The van der Waals surface area contributed by atoms with Gasteiger partial charge >= 0.3 is 0 Å². The second-order valence-electron chi connectivity index (χ2n) is 9.29. The zero-order valence-corrected chi connectivity index (χ0v) is 19.1. The van der Waals surface area contributed by atoms with E-state index in [0.717, 1.165) is 58.7 Å². The number of piperidine rings is 1. The van der Waals surface area contributed by atoms with Crippen LogP contribution in [0.25, 0.3) is 0 Å². The highest BCUT2D eigenvalue weighted by Crippen LogP contribution is 2.15. The summed E-state index contributed by atoms with van der Waals surface area (Å²) in [5, 5.41) is 6.27. The van der Waals surface area contributed by atoms with Crippen LogP contribution >= 0.6 is 0 Å². The summed E-state index contributed by atoms with van der Waals surface area (Å²) in [5.41, 5.74) is 1.12. The number of rotatable bonds is 9. The van der Waals surface area contributed by atoms with Crippen molar-refractivity contribution in [3.05, 3.63) is 35.9 Å². The van der Waals surface area contributed by atoms with Gasteiger partial charge in [-0.1, -0.05) is 30.3 Å². The average Bonchev–Trinajstić information content (AvgIpc) is 2.79. The van der Waals surface area contributed by atoms with Crippen molar-refractivity contribution in [3.63, 3.8) is 0 Å². The van der Waals surface area contributed by atoms with Crippen molar-refractivity contribution in [1.29, 1.82) is 0 Å². The Kier molecular flexibility index (Phi) is 8.87. The molecule has 2 aliphatic heterocycles. The number of benzene rings is 1. The number of carbonyl (C=O) groups is 2. The molecule has 2 amide bonds. The number of morpholine rings is 1. The van der Waals surface area contributed by atoms with Crippen molar-refractivity contribution < 1.29 is 14.3 Å². The summed E-state index contributed by atoms with van der Waals surface area (Å²) in [7, 11) is 0. The molecule has 1 aromatic carbocycles. The van der Waals surface area contributed by atoms with Crippen LogP contribution in [-0.4, -0.2) is 85.7 Å². The van der Waals surface area contributed by atoms with Gasteiger partial charge in [0.05, 0.1) is 19.8 Å². The van der Waals surface area contributed by atoms with Crippen molar-refractivity contribution in [2.24, 2.45) is 0 Å². The van der Waals surface area contributed by atoms with E-state index in [1.807, 2.05) is 18.2 Å². The van der Waals surface area contributed by atoms with E-state index >= 15 is 0 Å². The van der Waals surface area contributed by atoms with Crippen molar-refractivity contribution in [2.45, 2.75) is 51.1 Å². The molecule has 1 aromatic rings. The third kappa shape index (κ3) is 7.91. The molecule has 0 atom stereocenters. The van der Waals surface area contributed by atoms with E-state index < -0.39 is 0 Å². The Morgan fingerprint density at radius 1 is 1.03 bits per heavy atom. The number of amides is 2. The first kappa shape index (κ1) is 23.7. The summed E-state index contributed by atoms with van der Waals surface area (Å²) in [6.45, 7) is 10.4. The largest absolute Gasteiger partial charge is 0.379 e. The van der Waals surface area contributed by atoms with Gasteiger partial charge in [-0.3, -0.25) is 19.4 Å². The van der Waals surface area contributed by atoms with Gasteiger partial charge in [0.25, 0.3) is 0 Å². The Morgan fingerprint density at radius 2 is 1.71 bits per heavy atom. The standard InChI is InChI=1S/C24H38N4O3/c1-24(2,28-14-16-31-17-15-28)19-25-23(30)18-27-12-10-21(11-13-27)26-22(29)9-8-20-6-4-3-5-7-20/h3-7,21H,8-19H2,1-2H3,(H,25,30)(H,26,29). The molecule has 0 unspecified atom stereocenters. The highest BCUT2D eigenvalue weighted by atomic mass is 16.5. The SMILES string of the molecule is CC(C)(CNC(=O)CN1CCC(NC(=O)CCc2ccccc2)CC1)N1CCOCC1. The molecule has 2 aliphatic rings. The number of likely N-dealkylation sites (tertiary alicyclic amines) is 1. The third-order valence-electron chi connectivity index (χ3n) is 6.39. The second kappa shape index (κ2) is 11.6. The molecule has 7 heteroatoms. The van der Waals surface area contributed by atoms with Crippen molar-refractivity contribution in [2.75, 3.05) is 52.5 Å². The smallest absolute Gasteiger partial charge is 0.234 e. The third-order valence-corrected chi connectivity index (χ3v) is 6.39. The summed E-state index contributed by atoms with van der Waals surface area (Å²) >= 11 is 0. The maximum Gasteiger partial charge on any atom is 0.234 e. The Hall–Kier alpha value is -1.96. The molecule has 2 saturated heterocycles. The predicted octanol–water partition coefficient (Wildman–Crippen LogP) is 1.43. The van der Waals surface area contributed by atoms with Crippen LogP contribution in [0.2, 0.25) is 0 Å². The topological polar surface area (TPSA) is 73.9 Å². The molecular weight excluding hydrogens is 392 g/mol. The summed E-state index contributed by atoms with van der Waals surface area (Å²) in [6.07, 6.45) is 3.07. The number of nitrogens with one attached hydrogen (secondary N) is 2. The molecule has 0 aromatic heterocycles. The van der Waals surface area contributed by atoms with E-state index in [2.05, 4.69) is 46.4 Å². The first-order valence-corrected chi connectivity index (χ1v) is 11.6. The molecule has 0 bridgehead atoms. The molecule has 2 fully saturated rings. The summed E-state index contributed by atoms with van der Waals surface area (Å²) < 4.78 is 5.43. The molecule has 7 nitrogen and oxygen atoms in total. The van der Waals surface area contributed by atoms with E-state index in [-0.39, 0.29) is 23.4 Å². The van der Waals surface area contributed by atoms with Gasteiger partial charge in [-0.2, -0.15) is 0 Å². The number of hydrogen-bond donors (Lipinski definition) is 2. The monoisotopic (exact) mass is 430 g/mol. The van der Waals surface area contributed by atoms with Crippen LogP contribution in [0.15, 0.2) is 30.3 Å². The molecule has 0 radical (unpaired) electrons. The number of hydrogen-bond acceptors (Lipinski definition) is 5. The van der Waals surface area contributed by atoms with Crippen LogP contribution in [-0.2, 0) is 20.7 Å². The van der Waals surface area contributed by atoms with Gasteiger partial charge in [-0.15, -0.1) is 0 Å². The van der Waals surface area contributed by atoms with E-state index in [1.165, 1.54) is 5.56 Å². The Balaban J connectivity index is 1.30. The van der Waals surface area contributed by atoms with Gasteiger partial charge in [-0.05, 0) is 38.7 Å². The minimum atomic E-state index is -0.0730. The van der Waals surface area contributed by atoms with Gasteiger partial charge < -0.3 is 15.4 Å². The molecule has 31 heavy (non-hydrogen) atoms. The predicted molar refractivity (Wildman–Crippen MR) is 122 cm³/mol. The average molecular weight is 431 g/mol. The van der Waals surface area contributed by atoms with Crippen LogP contribution in [0, 0.1) is 0 Å². The zero-order chi connectivity index (χ0) is 22.1. The number of aryl methyl sites for hydroxylation is 1. The molecule has 172 valence electrons. The highest BCUT2D eigenvalue weighted by molar-refractivity contribution is 5.78. The Labute approximate surface area is 186 Å². The summed E-state index contributed by atoms with van der Waals surface area (Å²) in [6, 6.07) is 10.3. The van der Waals surface area contributed by atoms with Gasteiger partial charge in [0.15, 0.2) is 0 Å². The first-order valence-electron chi connectivity index (χ1n) is 11.6. The maximum absolute atomic E-state index is 12.5. The molecule has 0 saturated carbocycles. The normalized spacial score (nSPS) is 19.2. The molecular formula is C24H38N4O3. The fraction of sp³-hybridized carbons (Fsp3) is 0.667. The number of carbonyl (C=O) groups excluding carboxylic acids is 2. The second-order valence-corrected chi connectivity index (χ2v) is 9.29. The van der Waals surface area contributed by atoms with Crippen LogP contribution in [0.5, 0.6) is 0 Å². The van der Waals surface area contributed by atoms with Gasteiger partial charge in [0, 0.05) is 50.7 Å². The summed E-state index contributed by atoms with van der Waals surface area (Å²) in [4.78, 5) is 29.3. The van der Waals surface area contributed by atoms with E-state index in [4.69, 9.17) is 4.74 Å². The number of nitrogens with zero attached hydrogens (tertiary/aromatic N) is 2. The van der Waals surface area contributed by atoms with Crippen molar-refractivity contribution in [3.8, 4) is 0 Å². The Bertz CT molecular complexity index is 696. The van der Waals surface area contributed by atoms with Crippen molar-refractivity contribution in [1.82, 2.24) is 20.4 Å². The van der Waals surface area contributed by atoms with E-state index in [9.17, 15) is 9.59 Å². The number of ether oxygens (including phenoxy) is 1. The molecule has 0 aliphatic carbocycles. The van der Waals surface area contributed by atoms with Crippen molar-refractivity contribution >= 4 is 11.8 Å². The highest BCUT2D eigenvalue weighted by Gasteiger charge is 2.29. The minimum Gasteiger partial charge on any atom is -0.379 e. The van der Waals surface area contributed by atoms with Crippen LogP contribution < -0.4 is 10.6 Å².